The molecular weight excluding hydrogens is 298 g/mol. The molecule has 2 aromatic rings. The lowest BCUT2D eigenvalue weighted by molar-refractivity contribution is -0.123. The molecule has 0 radical (unpaired) electrons. The average Bonchev–Trinajstić information content (AvgIpc) is 2.60. The van der Waals surface area contributed by atoms with E-state index in [0.29, 0.717) is 0 Å². The average molecular weight is 323 g/mol. The number of carbonyl (C=O) groups excluding carboxylic acids is 1. The predicted octanol–water partition coefficient (Wildman–Crippen LogP) is 4.13. The number of fused-ring (bicyclic) bond motifs is 1. The summed E-state index contributed by atoms with van der Waals surface area (Å²) in [5, 5.41) is 3.01. The highest BCUT2D eigenvalue weighted by molar-refractivity contribution is 5.78. The lowest BCUT2D eigenvalue weighted by Crippen LogP contribution is -2.31. The molecule has 0 saturated heterocycles. The molecule has 2 aromatic carbocycles. The Kier molecular flexibility index (Phi) is 5.19. The first-order chi connectivity index (χ1) is 11.6. The maximum absolute atomic E-state index is 12.2. The van der Waals surface area contributed by atoms with E-state index in [-0.39, 0.29) is 18.6 Å². The van der Waals surface area contributed by atoms with E-state index < -0.39 is 0 Å². The van der Waals surface area contributed by atoms with Crippen molar-refractivity contribution in [3.63, 3.8) is 0 Å². The Bertz CT molecular complexity index is 724. The first-order valence-electron chi connectivity index (χ1n) is 8.73. The van der Waals surface area contributed by atoms with Crippen LogP contribution in [0.15, 0.2) is 42.5 Å². The van der Waals surface area contributed by atoms with Gasteiger partial charge < -0.3 is 10.1 Å². The summed E-state index contributed by atoms with van der Waals surface area (Å²) in [4.78, 5) is 12.2. The Morgan fingerprint density at radius 2 is 1.88 bits per heavy atom. The van der Waals surface area contributed by atoms with E-state index in [1.165, 1.54) is 29.5 Å². The number of carbonyl (C=O) groups is 1. The fourth-order valence-corrected chi connectivity index (χ4v) is 3.38. The maximum Gasteiger partial charge on any atom is 0.258 e. The van der Waals surface area contributed by atoms with Crippen molar-refractivity contribution >= 4 is 5.91 Å². The zero-order valence-electron chi connectivity index (χ0n) is 14.5. The standard InChI is InChI=1S/C21H25NO2/c1-15-7-3-6-10-20(15)16(2)22-21(23)14-24-19-12-11-17-8-4-5-9-18(17)13-19/h3,6-7,10-13,16H,4-5,8-9,14H2,1-2H3,(H,22,23)/t16-/m1/s1. The summed E-state index contributed by atoms with van der Waals surface area (Å²) in [6, 6.07) is 14.3. The molecule has 24 heavy (non-hydrogen) atoms. The van der Waals surface area contributed by atoms with E-state index >= 15 is 0 Å². The summed E-state index contributed by atoms with van der Waals surface area (Å²) in [7, 11) is 0. The van der Waals surface area contributed by atoms with E-state index in [2.05, 4.69) is 30.4 Å². The second-order valence-electron chi connectivity index (χ2n) is 6.57. The third kappa shape index (κ3) is 3.97. The molecule has 0 heterocycles. The van der Waals surface area contributed by atoms with Crippen LogP contribution in [0.3, 0.4) is 0 Å². The molecule has 126 valence electrons. The molecule has 3 rings (SSSR count). The van der Waals surface area contributed by atoms with Gasteiger partial charge in [0.05, 0.1) is 6.04 Å². The molecule has 0 unspecified atom stereocenters. The molecule has 0 aromatic heterocycles. The third-order valence-electron chi connectivity index (χ3n) is 4.72. The van der Waals surface area contributed by atoms with Crippen LogP contribution in [0.5, 0.6) is 5.75 Å². The van der Waals surface area contributed by atoms with Crippen molar-refractivity contribution in [2.45, 2.75) is 45.6 Å². The van der Waals surface area contributed by atoms with Crippen molar-refractivity contribution in [1.29, 1.82) is 0 Å². The monoisotopic (exact) mass is 323 g/mol. The highest BCUT2D eigenvalue weighted by Gasteiger charge is 2.13. The van der Waals surface area contributed by atoms with Gasteiger partial charge in [-0.15, -0.1) is 0 Å². The Balaban J connectivity index is 1.55. The Labute approximate surface area is 144 Å². The van der Waals surface area contributed by atoms with Crippen LogP contribution in [0.4, 0.5) is 0 Å². The van der Waals surface area contributed by atoms with E-state index in [1.54, 1.807) is 0 Å². The first kappa shape index (κ1) is 16.6. The number of nitrogens with one attached hydrogen (secondary N) is 1. The molecule has 3 heteroatoms. The molecule has 0 saturated carbocycles. The van der Waals surface area contributed by atoms with E-state index in [1.807, 2.05) is 31.2 Å². The van der Waals surface area contributed by atoms with Crippen LogP contribution in [0.25, 0.3) is 0 Å². The molecule has 0 fully saturated rings. The fourth-order valence-electron chi connectivity index (χ4n) is 3.38. The van der Waals surface area contributed by atoms with Gasteiger partial charge in [-0.1, -0.05) is 30.3 Å². The molecule has 1 amide bonds. The largest absolute Gasteiger partial charge is 0.484 e. The van der Waals surface area contributed by atoms with Gasteiger partial charge in [-0.25, -0.2) is 0 Å². The lowest BCUT2D eigenvalue weighted by atomic mass is 9.92. The first-order valence-corrected chi connectivity index (χ1v) is 8.73. The van der Waals surface area contributed by atoms with Gasteiger partial charge in [0.2, 0.25) is 0 Å². The SMILES string of the molecule is Cc1ccccc1[C@@H](C)NC(=O)COc1ccc2c(c1)CCCC2. The molecule has 1 atom stereocenters. The van der Waals surface area contributed by atoms with Gasteiger partial charge in [-0.2, -0.15) is 0 Å². The van der Waals surface area contributed by atoms with Crippen LogP contribution in [-0.4, -0.2) is 12.5 Å². The Hall–Kier alpha value is -2.29. The summed E-state index contributed by atoms with van der Waals surface area (Å²) in [5.41, 5.74) is 5.11. The quantitative estimate of drug-likeness (QED) is 0.898. The van der Waals surface area contributed by atoms with Gasteiger partial charge in [0, 0.05) is 0 Å². The Morgan fingerprint density at radius 3 is 2.67 bits per heavy atom. The van der Waals surface area contributed by atoms with E-state index in [9.17, 15) is 4.79 Å². The maximum atomic E-state index is 12.2. The van der Waals surface area contributed by atoms with Crippen molar-refractivity contribution in [3.05, 3.63) is 64.7 Å². The van der Waals surface area contributed by atoms with E-state index in [0.717, 1.165) is 24.2 Å². The normalized spacial score (nSPS) is 14.6. The highest BCUT2D eigenvalue weighted by Crippen LogP contribution is 2.25. The summed E-state index contributed by atoms with van der Waals surface area (Å²) in [5.74, 6) is 0.692. The van der Waals surface area contributed by atoms with Gasteiger partial charge in [0.1, 0.15) is 5.75 Å². The molecular formula is C21H25NO2. The topological polar surface area (TPSA) is 38.3 Å². The van der Waals surface area contributed by atoms with Crippen molar-refractivity contribution in [3.8, 4) is 5.75 Å². The lowest BCUT2D eigenvalue weighted by Gasteiger charge is -2.18. The number of ether oxygens (including phenoxy) is 1. The van der Waals surface area contributed by atoms with Crippen molar-refractivity contribution < 1.29 is 9.53 Å². The number of hydrogen-bond donors (Lipinski definition) is 1. The van der Waals surface area contributed by atoms with Gasteiger partial charge in [-0.05, 0) is 73.9 Å². The minimum atomic E-state index is -0.0940. The van der Waals surface area contributed by atoms with Crippen molar-refractivity contribution in [2.24, 2.45) is 0 Å². The number of amides is 1. The zero-order valence-corrected chi connectivity index (χ0v) is 14.5. The second-order valence-corrected chi connectivity index (χ2v) is 6.57. The van der Waals surface area contributed by atoms with Crippen molar-refractivity contribution in [1.82, 2.24) is 5.32 Å². The summed E-state index contributed by atoms with van der Waals surface area (Å²) in [6.45, 7) is 4.11. The minimum absolute atomic E-state index is 0.0224. The number of rotatable bonds is 5. The van der Waals surface area contributed by atoms with Crippen LogP contribution in [0.2, 0.25) is 0 Å². The van der Waals surface area contributed by atoms with Crippen LogP contribution in [0.1, 0.15) is 48.1 Å². The van der Waals surface area contributed by atoms with Gasteiger partial charge in [-0.3, -0.25) is 4.79 Å². The number of aryl methyl sites for hydroxylation is 3. The van der Waals surface area contributed by atoms with Crippen molar-refractivity contribution in [2.75, 3.05) is 6.61 Å². The molecule has 0 bridgehead atoms. The molecule has 0 aliphatic heterocycles. The predicted molar refractivity (Wildman–Crippen MR) is 96.3 cm³/mol. The van der Waals surface area contributed by atoms with Gasteiger partial charge in [0.25, 0.3) is 5.91 Å². The van der Waals surface area contributed by atoms with Crippen LogP contribution in [0, 0.1) is 6.92 Å². The van der Waals surface area contributed by atoms with Crippen LogP contribution >= 0.6 is 0 Å². The summed E-state index contributed by atoms with van der Waals surface area (Å²) < 4.78 is 5.69. The van der Waals surface area contributed by atoms with E-state index in [4.69, 9.17) is 4.74 Å². The van der Waals surface area contributed by atoms with Gasteiger partial charge >= 0.3 is 0 Å². The van der Waals surface area contributed by atoms with Crippen LogP contribution in [-0.2, 0) is 17.6 Å². The molecule has 1 aliphatic rings. The number of hydrogen-bond acceptors (Lipinski definition) is 2. The Morgan fingerprint density at radius 1 is 1.12 bits per heavy atom. The molecule has 3 nitrogen and oxygen atoms in total. The molecule has 1 aliphatic carbocycles. The molecule has 1 N–H and O–H groups in total. The second kappa shape index (κ2) is 7.52. The van der Waals surface area contributed by atoms with Gasteiger partial charge in [0.15, 0.2) is 6.61 Å². The fraction of sp³-hybridized carbons (Fsp3) is 0.381. The highest BCUT2D eigenvalue weighted by atomic mass is 16.5. The third-order valence-corrected chi connectivity index (χ3v) is 4.72. The number of benzene rings is 2. The molecule has 0 spiro atoms. The minimum Gasteiger partial charge on any atom is -0.484 e. The smallest absolute Gasteiger partial charge is 0.258 e. The zero-order chi connectivity index (χ0) is 16.9. The summed E-state index contributed by atoms with van der Waals surface area (Å²) >= 11 is 0. The van der Waals surface area contributed by atoms with Crippen LogP contribution < -0.4 is 10.1 Å². The summed E-state index contributed by atoms with van der Waals surface area (Å²) in [6.07, 6.45) is 4.78.